The first-order chi connectivity index (χ1) is 15.8. The van der Waals surface area contributed by atoms with E-state index in [1.807, 2.05) is 37.3 Å². The normalized spacial score (nSPS) is 15.8. The van der Waals surface area contributed by atoms with Crippen molar-refractivity contribution in [1.82, 2.24) is 10.2 Å². The van der Waals surface area contributed by atoms with Crippen LogP contribution in [0.5, 0.6) is 5.75 Å². The number of thiocarbonyl (C=S) groups is 1. The Morgan fingerprint density at radius 1 is 1.09 bits per heavy atom. The Kier molecular flexibility index (Phi) is 6.19. The first-order valence-electron chi connectivity index (χ1n) is 9.72. The zero-order valence-electron chi connectivity index (χ0n) is 17.1. The standard InChI is InChI=1S/C23H16F4N2O3S/c1-12(13-5-3-2-4-6-13)29-22(30)18(28-23(29)33)9-14-7-8-15(32-14)11-31-21-19(26)16(24)10-17(25)20(21)27/h2-10,12H,11H2,1H3,(H,28,33)/b18-9-. The number of hydrogen-bond acceptors (Lipinski definition) is 4. The van der Waals surface area contributed by atoms with Crippen molar-refractivity contribution < 1.29 is 31.5 Å². The second-order valence-corrected chi connectivity index (χ2v) is 7.53. The molecular formula is C23H16F4N2O3S. The lowest BCUT2D eigenvalue weighted by atomic mass is 10.1. The molecule has 170 valence electrons. The van der Waals surface area contributed by atoms with Crippen molar-refractivity contribution in [3.8, 4) is 5.75 Å². The van der Waals surface area contributed by atoms with E-state index in [1.165, 1.54) is 23.1 Å². The Labute approximate surface area is 191 Å². The molecule has 1 fully saturated rings. The molecule has 4 rings (SSSR count). The summed E-state index contributed by atoms with van der Waals surface area (Å²) in [6, 6.07) is 12.1. The summed E-state index contributed by atoms with van der Waals surface area (Å²) >= 11 is 5.30. The molecule has 1 aliphatic heterocycles. The van der Waals surface area contributed by atoms with Gasteiger partial charge in [0.25, 0.3) is 5.91 Å². The maximum atomic E-state index is 13.7. The summed E-state index contributed by atoms with van der Waals surface area (Å²) in [6.07, 6.45) is 1.42. The molecule has 1 unspecified atom stereocenters. The fourth-order valence-electron chi connectivity index (χ4n) is 3.29. The number of furan rings is 1. The molecule has 1 N–H and O–H groups in total. The van der Waals surface area contributed by atoms with E-state index in [4.69, 9.17) is 21.4 Å². The third-order valence-electron chi connectivity index (χ3n) is 4.98. The van der Waals surface area contributed by atoms with Crippen LogP contribution in [0.4, 0.5) is 17.6 Å². The Morgan fingerprint density at radius 3 is 2.42 bits per heavy atom. The van der Waals surface area contributed by atoms with Gasteiger partial charge in [-0.1, -0.05) is 30.3 Å². The first kappa shape index (κ1) is 22.5. The maximum Gasteiger partial charge on any atom is 0.277 e. The Morgan fingerprint density at radius 2 is 1.76 bits per heavy atom. The van der Waals surface area contributed by atoms with Crippen molar-refractivity contribution in [1.29, 1.82) is 0 Å². The first-order valence-corrected chi connectivity index (χ1v) is 10.1. The minimum atomic E-state index is -1.65. The third kappa shape index (κ3) is 4.47. The van der Waals surface area contributed by atoms with Gasteiger partial charge in [-0.25, -0.2) is 8.78 Å². The monoisotopic (exact) mass is 476 g/mol. The molecule has 1 saturated heterocycles. The molecule has 1 aliphatic rings. The van der Waals surface area contributed by atoms with Gasteiger partial charge in [0, 0.05) is 12.1 Å². The van der Waals surface area contributed by atoms with Gasteiger partial charge in [0.15, 0.2) is 22.5 Å². The highest BCUT2D eigenvalue weighted by Crippen LogP contribution is 2.28. The summed E-state index contributed by atoms with van der Waals surface area (Å²) in [4.78, 5) is 14.3. The Hall–Kier alpha value is -3.66. The van der Waals surface area contributed by atoms with Gasteiger partial charge in [-0.3, -0.25) is 9.69 Å². The molecule has 10 heteroatoms. The number of carbonyl (C=O) groups excluding carboxylic acids is 1. The quantitative estimate of drug-likeness (QED) is 0.228. The van der Waals surface area contributed by atoms with Crippen molar-refractivity contribution in [3.63, 3.8) is 0 Å². The number of benzene rings is 2. The van der Waals surface area contributed by atoms with Crippen LogP contribution in [-0.4, -0.2) is 15.9 Å². The molecule has 0 aliphatic carbocycles. The van der Waals surface area contributed by atoms with Crippen LogP contribution in [0.15, 0.2) is 58.6 Å². The molecule has 5 nitrogen and oxygen atoms in total. The van der Waals surface area contributed by atoms with Crippen LogP contribution in [0.2, 0.25) is 0 Å². The lowest BCUT2D eigenvalue weighted by molar-refractivity contribution is -0.123. The van der Waals surface area contributed by atoms with Gasteiger partial charge in [0.1, 0.15) is 23.8 Å². The molecule has 0 radical (unpaired) electrons. The van der Waals surface area contributed by atoms with E-state index < -0.39 is 35.6 Å². The van der Waals surface area contributed by atoms with Gasteiger partial charge in [0.2, 0.25) is 11.6 Å². The number of hydrogen-bond donors (Lipinski definition) is 1. The zero-order valence-corrected chi connectivity index (χ0v) is 17.9. The molecule has 33 heavy (non-hydrogen) atoms. The van der Waals surface area contributed by atoms with Crippen molar-refractivity contribution in [2.24, 2.45) is 0 Å². The van der Waals surface area contributed by atoms with Crippen molar-refractivity contribution >= 4 is 29.3 Å². The Balaban J connectivity index is 1.48. The topological polar surface area (TPSA) is 54.7 Å². The predicted molar refractivity (Wildman–Crippen MR) is 115 cm³/mol. The molecule has 0 bridgehead atoms. The third-order valence-corrected chi connectivity index (χ3v) is 5.28. The largest absolute Gasteiger partial charge is 0.479 e. The van der Waals surface area contributed by atoms with E-state index in [0.717, 1.165) is 5.56 Å². The van der Waals surface area contributed by atoms with E-state index in [9.17, 15) is 22.4 Å². The molecule has 1 amide bonds. The van der Waals surface area contributed by atoms with Crippen molar-refractivity contribution in [3.05, 3.63) is 94.6 Å². The van der Waals surface area contributed by atoms with Gasteiger partial charge in [0.05, 0.1) is 6.04 Å². The van der Waals surface area contributed by atoms with Gasteiger partial charge in [-0.15, -0.1) is 0 Å². The summed E-state index contributed by atoms with van der Waals surface area (Å²) < 4.78 is 64.4. The molecular weight excluding hydrogens is 460 g/mol. The molecule has 1 aromatic heterocycles. The number of amides is 1. The van der Waals surface area contributed by atoms with E-state index in [1.54, 1.807) is 0 Å². The number of ether oxygens (including phenoxy) is 1. The molecule has 3 aromatic rings. The van der Waals surface area contributed by atoms with Crippen LogP contribution >= 0.6 is 12.2 Å². The minimum Gasteiger partial charge on any atom is -0.479 e. The predicted octanol–water partition coefficient (Wildman–Crippen LogP) is 5.23. The lowest BCUT2D eigenvalue weighted by Gasteiger charge is -2.23. The second-order valence-electron chi connectivity index (χ2n) is 7.14. The lowest BCUT2D eigenvalue weighted by Crippen LogP contribution is -2.33. The number of halogens is 4. The van der Waals surface area contributed by atoms with Crippen LogP contribution < -0.4 is 10.1 Å². The summed E-state index contributed by atoms with van der Waals surface area (Å²) in [7, 11) is 0. The molecule has 0 spiro atoms. The molecule has 2 aromatic carbocycles. The summed E-state index contributed by atoms with van der Waals surface area (Å²) in [5.41, 5.74) is 1.08. The fraction of sp³-hybridized carbons (Fsp3) is 0.130. The SMILES string of the molecule is CC(c1ccccc1)N1C(=O)/C(=C/c2ccc(COc3c(F)c(F)cc(F)c3F)o2)NC1=S. The average molecular weight is 476 g/mol. The van der Waals surface area contributed by atoms with Gasteiger partial charge >= 0.3 is 0 Å². The summed E-state index contributed by atoms with van der Waals surface area (Å²) in [5.74, 6) is -7.66. The van der Waals surface area contributed by atoms with Crippen molar-refractivity contribution in [2.75, 3.05) is 0 Å². The minimum absolute atomic E-state index is 0.0900. The zero-order chi connectivity index (χ0) is 23.7. The van der Waals surface area contributed by atoms with E-state index in [-0.39, 0.29) is 40.3 Å². The van der Waals surface area contributed by atoms with Crippen LogP contribution in [0.1, 0.15) is 30.0 Å². The van der Waals surface area contributed by atoms with Gasteiger partial charge in [-0.05, 0) is 36.8 Å². The van der Waals surface area contributed by atoms with Crippen molar-refractivity contribution in [2.45, 2.75) is 19.6 Å². The highest BCUT2D eigenvalue weighted by Gasteiger charge is 2.35. The van der Waals surface area contributed by atoms with Crippen LogP contribution in [-0.2, 0) is 11.4 Å². The summed E-state index contributed by atoms with van der Waals surface area (Å²) in [6.45, 7) is 1.34. The highest BCUT2D eigenvalue weighted by atomic mass is 32.1. The number of nitrogens with one attached hydrogen (secondary N) is 1. The van der Waals surface area contributed by atoms with E-state index in [0.29, 0.717) is 0 Å². The number of carbonyl (C=O) groups is 1. The fourth-order valence-corrected chi connectivity index (χ4v) is 3.65. The number of nitrogens with zero attached hydrogens (tertiary/aromatic N) is 1. The average Bonchev–Trinajstić information content (AvgIpc) is 3.36. The summed E-state index contributed by atoms with van der Waals surface area (Å²) in [5, 5.41) is 3.08. The smallest absolute Gasteiger partial charge is 0.277 e. The highest BCUT2D eigenvalue weighted by molar-refractivity contribution is 7.80. The van der Waals surface area contributed by atoms with Crippen LogP contribution in [0.3, 0.4) is 0 Å². The van der Waals surface area contributed by atoms with E-state index >= 15 is 0 Å². The molecule has 1 atom stereocenters. The molecule has 0 saturated carbocycles. The van der Waals surface area contributed by atoms with E-state index in [2.05, 4.69) is 5.32 Å². The van der Waals surface area contributed by atoms with Gasteiger partial charge < -0.3 is 14.5 Å². The van der Waals surface area contributed by atoms with Crippen LogP contribution in [0.25, 0.3) is 6.08 Å². The second kappa shape index (κ2) is 9.07. The number of rotatable bonds is 6. The Bertz CT molecular complexity index is 1230. The van der Waals surface area contributed by atoms with Crippen LogP contribution in [0, 0.1) is 23.3 Å². The maximum absolute atomic E-state index is 13.7. The van der Waals surface area contributed by atoms with Gasteiger partial charge in [-0.2, -0.15) is 8.78 Å². The molecule has 2 heterocycles.